The molecule has 2 aliphatic rings. The first-order valence-corrected chi connectivity index (χ1v) is 15.2. The zero-order valence-corrected chi connectivity index (χ0v) is 23.2. The highest BCUT2D eigenvalue weighted by molar-refractivity contribution is 7.92. The summed E-state index contributed by atoms with van der Waals surface area (Å²) in [4.78, 5) is -0.297. The molecule has 2 nitrogen and oxygen atoms in total. The highest BCUT2D eigenvalue weighted by Gasteiger charge is 2.48. The van der Waals surface area contributed by atoms with E-state index in [0.29, 0.717) is 24.3 Å². The van der Waals surface area contributed by atoms with Crippen molar-refractivity contribution in [1.29, 1.82) is 0 Å². The molecule has 216 valence electrons. The second kappa shape index (κ2) is 11.1. The van der Waals surface area contributed by atoms with Crippen molar-refractivity contribution < 1.29 is 34.8 Å². The molecule has 2 fully saturated rings. The van der Waals surface area contributed by atoms with E-state index in [1.54, 1.807) is 19.9 Å². The Kier molecular flexibility index (Phi) is 8.52. The first kappa shape index (κ1) is 29.9. The van der Waals surface area contributed by atoms with E-state index in [2.05, 4.69) is 0 Å². The topological polar surface area (TPSA) is 34.1 Å². The Morgan fingerprint density at radius 1 is 0.872 bits per heavy atom. The number of benzene rings is 2. The van der Waals surface area contributed by atoms with Crippen molar-refractivity contribution in [3.05, 3.63) is 64.7 Å². The van der Waals surface area contributed by atoms with Crippen LogP contribution in [0.4, 0.5) is 26.3 Å². The molecule has 0 N–H and O–H groups in total. The Labute approximate surface area is 227 Å². The van der Waals surface area contributed by atoms with Crippen LogP contribution >= 0.6 is 0 Å². The van der Waals surface area contributed by atoms with Crippen molar-refractivity contribution in [1.82, 2.24) is 0 Å². The number of hydrogen-bond acceptors (Lipinski definition) is 2. The molecule has 2 saturated carbocycles. The fourth-order valence-corrected chi connectivity index (χ4v) is 7.60. The standard InChI is InChI=1S/C30H36F6O2S/c1-28(2,39(37,38)26-10-6-9-24(18-26)30(34,35)36)25-16-21(17-25)8-5-3-4-7-20-11-14-27(22-12-13-22)23(15-20)19-29(31,32)33/h6,9-11,14-15,18,21-22,25H,3-5,7-8,12-13,16-17,19H2,1-2H3. The van der Waals surface area contributed by atoms with Gasteiger partial charge in [-0.1, -0.05) is 43.5 Å². The van der Waals surface area contributed by atoms with E-state index >= 15 is 0 Å². The number of alkyl halides is 6. The van der Waals surface area contributed by atoms with Crippen LogP contribution in [-0.4, -0.2) is 19.3 Å². The van der Waals surface area contributed by atoms with Crippen molar-refractivity contribution in [2.24, 2.45) is 11.8 Å². The average molecular weight is 575 g/mol. The van der Waals surface area contributed by atoms with Crippen LogP contribution < -0.4 is 0 Å². The molecular weight excluding hydrogens is 538 g/mol. The summed E-state index contributed by atoms with van der Waals surface area (Å²) in [7, 11) is -3.95. The van der Waals surface area contributed by atoms with Crippen LogP contribution in [0.3, 0.4) is 0 Å². The van der Waals surface area contributed by atoms with E-state index in [-0.39, 0.29) is 16.7 Å². The highest BCUT2D eigenvalue weighted by atomic mass is 32.2. The van der Waals surface area contributed by atoms with Crippen molar-refractivity contribution in [2.45, 2.75) is 106 Å². The monoisotopic (exact) mass is 574 g/mol. The number of unbranched alkanes of at least 4 members (excludes halogenated alkanes) is 2. The lowest BCUT2D eigenvalue weighted by Crippen LogP contribution is -2.46. The molecule has 39 heavy (non-hydrogen) atoms. The van der Waals surface area contributed by atoms with Crippen LogP contribution in [0.15, 0.2) is 47.4 Å². The van der Waals surface area contributed by atoms with Gasteiger partial charge in [-0.2, -0.15) is 26.3 Å². The van der Waals surface area contributed by atoms with Gasteiger partial charge in [0.1, 0.15) is 0 Å². The summed E-state index contributed by atoms with van der Waals surface area (Å²) in [5.41, 5.74) is 1.21. The number of aryl methyl sites for hydroxylation is 1. The Morgan fingerprint density at radius 2 is 1.56 bits per heavy atom. The maximum absolute atomic E-state index is 13.2. The van der Waals surface area contributed by atoms with Gasteiger partial charge < -0.3 is 0 Å². The van der Waals surface area contributed by atoms with Crippen molar-refractivity contribution in [2.75, 3.05) is 0 Å². The number of halogens is 6. The van der Waals surface area contributed by atoms with Crippen molar-refractivity contribution in [3.63, 3.8) is 0 Å². The molecule has 0 aromatic heterocycles. The third-order valence-corrected chi connectivity index (χ3v) is 11.2. The summed E-state index contributed by atoms with van der Waals surface area (Å²) in [6.07, 6.45) is -1.92. The Balaban J connectivity index is 1.23. The smallest absolute Gasteiger partial charge is 0.223 e. The van der Waals surface area contributed by atoms with E-state index in [4.69, 9.17) is 0 Å². The second-order valence-electron chi connectivity index (χ2n) is 11.9. The van der Waals surface area contributed by atoms with E-state index < -0.39 is 38.9 Å². The molecule has 9 heteroatoms. The van der Waals surface area contributed by atoms with Crippen LogP contribution in [0.1, 0.15) is 93.4 Å². The maximum atomic E-state index is 13.2. The Morgan fingerprint density at radius 3 is 2.18 bits per heavy atom. The minimum atomic E-state index is -4.61. The molecule has 0 heterocycles. The van der Waals surface area contributed by atoms with Gasteiger partial charge in [-0.15, -0.1) is 0 Å². The summed E-state index contributed by atoms with van der Waals surface area (Å²) in [6.45, 7) is 3.20. The van der Waals surface area contributed by atoms with Crippen LogP contribution in [0.2, 0.25) is 0 Å². The minimum Gasteiger partial charge on any atom is -0.223 e. The van der Waals surface area contributed by atoms with Gasteiger partial charge >= 0.3 is 12.4 Å². The van der Waals surface area contributed by atoms with Gasteiger partial charge in [-0.25, -0.2) is 8.42 Å². The summed E-state index contributed by atoms with van der Waals surface area (Å²) in [5, 5.41) is 0. The third kappa shape index (κ3) is 7.19. The molecule has 2 aromatic rings. The van der Waals surface area contributed by atoms with Crippen molar-refractivity contribution in [3.8, 4) is 0 Å². The molecule has 0 bridgehead atoms. The molecule has 0 aliphatic heterocycles. The van der Waals surface area contributed by atoms with Crippen LogP contribution in [0.5, 0.6) is 0 Å². The molecule has 4 rings (SSSR count). The van der Waals surface area contributed by atoms with Gasteiger partial charge in [0.05, 0.1) is 21.6 Å². The molecule has 0 saturated heterocycles. The zero-order valence-electron chi connectivity index (χ0n) is 22.3. The summed E-state index contributed by atoms with van der Waals surface area (Å²) in [5.74, 6) is 0.522. The number of sulfone groups is 1. The lowest BCUT2D eigenvalue weighted by Gasteiger charge is -2.45. The molecule has 0 amide bonds. The van der Waals surface area contributed by atoms with Crippen LogP contribution in [0, 0.1) is 11.8 Å². The van der Waals surface area contributed by atoms with E-state index in [0.717, 1.165) is 74.3 Å². The number of hydrogen-bond donors (Lipinski definition) is 0. The normalized spacial score (nSPS) is 20.6. The quantitative estimate of drug-likeness (QED) is 0.198. The van der Waals surface area contributed by atoms with Gasteiger partial charge in [0.15, 0.2) is 9.84 Å². The molecular formula is C30H36F6O2S. The van der Waals surface area contributed by atoms with Crippen LogP contribution in [0.25, 0.3) is 0 Å². The van der Waals surface area contributed by atoms with Gasteiger partial charge in [-0.3, -0.25) is 0 Å². The maximum Gasteiger partial charge on any atom is 0.416 e. The molecule has 2 aromatic carbocycles. The first-order valence-electron chi connectivity index (χ1n) is 13.7. The summed E-state index contributed by atoms with van der Waals surface area (Å²) < 4.78 is 104. The predicted molar refractivity (Wildman–Crippen MR) is 139 cm³/mol. The largest absolute Gasteiger partial charge is 0.416 e. The molecule has 0 atom stereocenters. The first-order chi connectivity index (χ1) is 18.1. The fraction of sp³-hybridized carbons (Fsp3) is 0.600. The van der Waals surface area contributed by atoms with Gasteiger partial charge in [0.25, 0.3) is 0 Å². The third-order valence-electron chi connectivity index (χ3n) is 8.58. The van der Waals surface area contributed by atoms with E-state index in [9.17, 15) is 34.8 Å². The van der Waals surface area contributed by atoms with Crippen molar-refractivity contribution >= 4 is 9.84 Å². The van der Waals surface area contributed by atoms with E-state index in [1.807, 2.05) is 12.1 Å². The molecule has 2 aliphatic carbocycles. The van der Waals surface area contributed by atoms with Gasteiger partial charge in [0.2, 0.25) is 0 Å². The Hall–Kier alpha value is -2.03. The average Bonchev–Trinajstić information content (AvgIpc) is 3.63. The fourth-order valence-electron chi connectivity index (χ4n) is 5.82. The minimum absolute atomic E-state index is 0.126. The van der Waals surface area contributed by atoms with Gasteiger partial charge in [-0.05, 0) is 105 Å². The second-order valence-corrected chi connectivity index (χ2v) is 14.4. The predicted octanol–water partition coefficient (Wildman–Crippen LogP) is 9.07. The molecule has 0 spiro atoms. The number of rotatable bonds is 11. The SMILES string of the molecule is CC(C)(C1CC(CCCCCc2ccc(C3CC3)c(CC(F)(F)F)c2)C1)S(=O)(=O)c1cccc(C(F)(F)F)c1. The molecule has 0 unspecified atom stereocenters. The van der Waals surface area contributed by atoms with Crippen LogP contribution in [-0.2, 0) is 28.9 Å². The Bertz CT molecular complexity index is 1250. The van der Waals surface area contributed by atoms with Gasteiger partial charge in [0, 0.05) is 0 Å². The summed E-state index contributed by atoms with van der Waals surface area (Å²) >= 11 is 0. The van der Waals surface area contributed by atoms with E-state index in [1.165, 1.54) is 6.07 Å². The lowest BCUT2D eigenvalue weighted by atomic mass is 9.67. The summed E-state index contributed by atoms with van der Waals surface area (Å²) in [6, 6.07) is 9.51. The molecule has 0 radical (unpaired) electrons. The highest BCUT2D eigenvalue weighted by Crippen LogP contribution is 2.48. The lowest BCUT2D eigenvalue weighted by molar-refractivity contribution is -0.137. The zero-order chi connectivity index (χ0) is 28.6.